The standard InChI is InChI=1S/C26H20F4N4O4/c1-31-23(35)19-12-14-11-18(37-2)8-10-22(14)34-24(19)38-17-6-3-15(4-7-17)32-25(36)33-16-5-9-21(27)20(13-16)26(28,29)30/h3-13H,1-2H3,(H,31,35)(H2,32,33,36). The zero-order chi connectivity index (χ0) is 27.4. The van der Waals surface area contributed by atoms with Gasteiger partial charge in [0.1, 0.15) is 22.9 Å². The lowest BCUT2D eigenvalue weighted by Gasteiger charge is -2.13. The van der Waals surface area contributed by atoms with Gasteiger partial charge in [0.2, 0.25) is 5.88 Å². The Morgan fingerprint density at radius 2 is 1.53 bits per heavy atom. The third kappa shape index (κ3) is 5.91. The van der Waals surface area contributed by atoms with Crippen LogP contribution in [0, 0.1) is 5.82 Å². The first-order valence-corrected chi connectivity index (χ1v) is 11.0. The second-order valence-electron chi connectivity index (χ2n) is 7.88. The second kappa shape index (κ2) is 10.6. The molecule has 4 aromatic rings. The van der Waals surface area contributed by atoms with Crippen molar-refractivity contribution < 1.29 is 36.6 Å². The van der Waals surface area contributed by atoms with Gasteiger partial charge in [-0.2, -0.15) is 13.2 Å². The maximum absolute atomic E-state index is 13.4. The summed E-state index contributed by atoms with van der Waals surface area (Å²) in [6, 6.07) is 14.1. The van der Waals surface area contributed by atoms with E-state index in [1.165, 1.54) is 38.4 Å². The zero-order valence-electron chi connectivity index (χ0n) is 19.9. The first-order valence-electron chi connectivity index (χ1n) is 11.0. The molecule has 0 spiro atoms. The third-order valence-electron chi connectivity index (χ3n) is 5.31. The molecule has 0 aliphatic carbocycles. The smallest absolute Gasteiger partial charge is 0.419 e. The van der Waals surface area contributed by atoms with Gasteiger partial charge in [-0.05, 0) is 66.7 Å². The van der Waals surface area contributed by atoms with Crippen molar-refractivity contribution in [2.45, 2.75) is 6.18 Å². The molecule has 0 saturated carbocycles. The number of nitrogens with zero attached hydrogens (tertiary/aromatic N) is 1. The highest BCUT2D eigenvalue weighted by atomic mass is 19.4. The van der Waals surface area contributed by atoms with E-state index in [4.69, 9.17) is 9.47 Å². The lowest BCUT2D eigenvalue weighted by Crippen LogP contribution is -2.20. The lowest BCUT2D eigenvalue weighted by molar-refractivity contribution is -0.139. The Morgan fingerprint density at radius 1 is 0.868 bits per heavy atom. The number of hydrogen-bond donors (Lipinski definition) is 3. The van der Waals surface area contributed by atoms with E-state index in [9.17, 15) is 27.2 Å². The predicted octanol–water partition coefficient (Wildman–Crippen LogP) is 6.20. The Labute approximate surface area is 213 Å². The minimum Gasteiger partial charge on any atom is -0.497 e. The number of benzene rings is 3. The molecule has 8 nitrogen and oxygen atoms in total. The number of amides is 3. The Balaban J connectivity index is 1.49. The summed E-state index contributed by atoms with van der Waals surface area (Å²) in [6.07, 6.45) is -4.90. The maximum atomic E-state index is 13.4. The van der Waals surface area contributed by atoms with E-state index in [-0.39, 0.29) is 22.8 Å². The number of methoxy groups -OCH3 is 1. The number of pyridine rings is 1. The SMILES string of the molecule is CNC(=O)c1cc2cc(OC)ccc2nc1Oc1ccc(NC(=O)Nc2ccc(F)c(C(F)(F)F)c2)cc1. The van der Waals surface area contributed by atoms with Crippen molar-refractivity contribution in [3.05, 3.63) is 83.7 Å². The van der Waals surface area contributed by atoms with Crippen molar-refractivity contribution in [1.82, 2.24) is 10.3 Å². The number of ether oxygens (including phenoxy) is 2. The summed E-state index contributed by atoms with van der Waals surface area (Å²) < 4.78 is 63.2. The fraction of sp³-hybridized carbons (Fsp3) is 0.115. The quantitative estimate of drug-likeness (QED) is 0.259. The highest BCUT2D eigenvalue weighted by Gasteiger charge is 2.34. The molecule has 3 N–H and O–H groups in total. The average molecular weight is 528 g/mol. The molecule has 3 amide bonds. The number of carbonyl (C=O) groups is 2. The van der Waals surface area contributed by atoms with Gasteiger partial charge in [0.05, 0.1) is 18.2 Å². The van der Waals surface area contributed by atoms with E-state index in [2.05, 4.69) is 20.9 Å². The van der Waals surface area contributed by atoms with Crippen LogP contribution in [0.15, 0.2) is 66.7 Å². The van der Waals surface area contributed by atoms with Crippen LogP contribution in [0.25, 0.3) is 10.9 Å². The minimum atomic E-state index is -4.90. The fourth-order valence-corrected chi connectivity index (χ4v) is 3.47. The van der Waals surface area contributed by atoms with E-state index >= 15 is 0 Å². The Hall–Kier alpha value is -4.87. The normalized spacial score (nSPS) is 11.1. The summed E-state index contributed by atoms with van der Waals surface area (Å²) in [4.78, 5) is 29.1. The molecule has 0 bridgehead atoms. The molecule has 3 aromatic carbocycles. The van der Waals surface area contributed by atoms with Gasteiger partial charge >= 0.3 is 12.2 Å². The van der Waals surface area contributed by atoms with Crippen LogP contribution >= 0.6 is 0 Å². The topological polar surface area (TPSA) is 102 Å². The molecule has 12 heteroatoms. The Bertz CT molecular complexity index is 1510. The fourth-order valence-electron chi connectivity index (χ4n) is 3.47. The second-order valence-corrected chi connectivity index (χ2v) is 7.88. The molecule has 0 saturated heterocycles. The number of anilines is 2. The largest absolute Gasteiger partial charge is 0.497 e. The molecule has 4 rings (SSSR count). The third-order valence-corrected chi connectivity index (χ3v) is 5.31. The van der Waals surface area contributed by atoms with Crippen molar-refractivity contribution in [2.75, 3.05) is 24.8 Å². The van der Waals surface area contributed by atoms with Crippen LogP contribution in [0.5, 0.6) is 17.4 Å². The first kappa shape index (κ1) is 26.2. The average Bonchev–Trinajstić information content (AvgIpc) is 2.89. The monoisotopic (exact) mass is 528 g/mol. The van der Waals surface area contributed by atoms with Crippen LogP contribution < -0.4 is 25.4 Å². The van der Waals surface area contributed by atoms with Crippen LogP contribution in [-0.4, -0.2) is 31.1 Å². The molecular weight excluding hydrogens is 508 g/mol. The number of aromatic nitrogens is 1. The summed E-state index contributed by atoms with van der Waals surface area (Å²) in [5.41, 5.74) is -0.685. The van der Waals surface area contributed by atoms with Crippen LogP contribution in [0.4, 0.5) is 33.7 Å². The van der Waals surface area contributed by atoms with Gasteiger partial charge in [-0.3, -0.25) is 4.79 Å². The van der Waals surface area contributed by atoms with Crippen LogP contribution in [-0.2, 0) is 6.18 Å². The Morgan fingerprint density at radius 3 is 2.18 bits per heavy atom. The molecule has 196 valence electrons. The number of nitrogens with one attached hydrogen (secondary N) is 3. The summed E-state index contributed by atoms with van der Waals surface area (Å²) in [6.45, 7) is 0. The van der Waals surface area contributed by atoms with Crippen LogP contribution in [0.3, 0.4) is 0 Å². The van der Waals surface area contributed by atoms with E-state index in [1.54, 1.807) is 24.3 Å². The zero-order valence-corrected chi connectivity index (χ0v) is 19.9. The highest BCUT2D eigenvalue weighted by molar-refractivity contribution is 6.00. The predicted molar refractivity (Wildman–Crippen MR) is 132 cm³/mol. The van der Waals surface area contributed by atoms with Gasteiger partial charge in [0.15, 0.2) is 0 Å². The molecule has 0 aliphatic rings. The Kier molecular flexibility index (Phi) is 7.33. The van der Waals surface area contributed by atoms with Crippen molar-refractivity contribution in [3.8, 4) is 17.4 Å². The van der Waals surface area contributed by atoms with Crippen molar-refractivity contribution in [3.63, 3.8) is 0 Å². The number of carbonyl (C=O) groups excluding carboxylic acids is 2. The lowest BCUT2D eigenvalue weighted by atomic mass is 10.1. The van der Waals surface area contributed by atoms with Gasteiger partial charge in [-0.25, -0.2) is 14.2 Å². The molecule has 0 atom stereocenters. The van der Waals surface area contributed by atoms with Crippen molar-refractivity contribution in [1.29, 1.82) is 0 Å². The van der Waals surface area contributed by atoms with Crippen molar-refractivity contribution in [2.24, 2.45) is 0 Å². The first-order chi connectivity index (χ1) is 18.1. The van der Waals surface area contributed by atoms with E-state index < -0.39 is 29.5 Å². The summed E-state index contributed by atoms with van der Waals surface area (Å²) >= 11 is 0. The van der Waals surface area contributed by atoms with Gasteiger partial charge < -0.3 is 25.4 Å². The molecule has 38 heavy (non-hydrogen) atoms. The highest BCUT2D eigenvalue weighted by Crippen LogP contribution is 2.33. The van der Waals surface area contributed by atoms with E-state index in [1.807, 2.05) is 0 Å². The van der Waals surface area contributed by atoms with E-state index in [0.29, 0.717) is 34.5 Å². The number of fused-ring (bicyclic) bond motifs is 1. The molecule has 0 aliphatic heterocycles. The number of alkyl halides is 3. The molecule has 0 fully saturated rings. The maximum Gasteiger partial charge on any atom is 0.419 e. The van der Waals surface area contributed by atoms with E-state index in [0.717, 1.165) is 6.07 Å². The van der Waals surface area contributed by atoms with Gasteiger partial charge in [0.25, 0.3) is 5.91 Å². The van der Waals surface area contributed by atoms with Gasteiger partial charge in [-0.15, -0.1) is 0 Å². The van der Waals surface area contributed by atoms with Crippen LogP contribution in [0.1, 0.15) is 15.9 Å². The number of hydrogen-bond acceptors (Lipinski definition) is 5. The summed E-state index contributed by atoms with van der Waals surface area (Å²) in [7, 11) is 3.00. The van der Waals surface area contributed by atoms with Gasteiger partial charge in [0, 0.05) is 23.8 Å². The number of halogens is 4. The number of urea groups is 1. The molecule has 0 radical (unpaired) electrons. The molecule has 1 aromatic heterocycles. The molecular formula is C26H20F4N4O4. The summed E-state index contributed by atoms with van der Waals surface area (Å²) in [5.74, 6) is -0.906. The van der Waals surface area contributed by atoms with Gasteiger partial charge in [-0.1, -0.05) is 0 Å². The number of rotatable bonds is 6. The molecule has 1 heterocycles. The van der Waals surface area contributed by atoms with Crippen LogP contribution in [0.2, 0.25) is 0 Å². The minimum absolute atomic E-state index is 0.0530. The summed E-state index contributed by atoms with van der Waals surface area (Å²) in [5, 5.41) is 7.89. The van der Waals surface area contributed by atoms with Crippen molar-refractivity contribution >= 4 is 34.2 Å². The molecule has 0 unspecified atom stereocenters.